The molecule has 0 amide bonds. The van der Waals surface area contributed by atoms with Gasteiger partial charge in [0.15, 0.2) is 0 Å². The minimum absolute atomic E-state index is 0.172. The Hall–Kier alpha value is -0.0800. The van der Waals surface area contributed by atoms with Gasteiger partial charge in [0, 0.05) is 18.6 Å². The zero-order valence-corrected chi connectivity index (χ0v) is 9.90. The number of nitrogens with one attached hydrogen (secondary N) is 1. The second-order valence-electron chi connectivity index (χ2n) is 6.00. The molecule has 1 heterocycles. The van der Waals surface area contributed by atoms with Crippen LogP contribution in [0.3, 0.4) is 0 Å². The number of hydrogen-bond donors (Lipinski definition) is 2. The number of aliphatic hydroxyl groups excluding tert-OH is 1. The van der Waals surface area contributed by atoms with Crippen LogP contribution in [0.1, 0.15) is 46.5 Å². The first-order chi connectivity index (χ1) is 6.47. The number of hydrogen-bond acceptors (Lipinski definition) is 2. The predicted molar refractivity (Wildman–Crippen MR) is 60.3 cm³/mol. The molecule has 1 saturated heterocycles. The van der Waals surface area contributed by atoms with Gasteiger partial charge < -0.3 is 10.4 Å². The zero-order valence-electron chi connectivity index (χ0n) is 9.90. The third kappa shape index (κ3) is 3.58. The normalized spacial score (nSPS) is 29.1. The number of piperidine rings is 1. The maximum Gasteiger partial charge on any atom is 0.0499 e. The number of rotatable bonds is 3. The molecule has 0 aromatic carbocycles. The topological polar surface area (TPSA) is 32.3 Å². The van der Waals surface area contributed by atoms with Crippen LogP contribution in [0.4, 0.5) is 0 Å². The van der Waals surface area contributed by atoms with Gasteiger partial charge in [0.05, 0.1) is 0 Å². The first-order valence-corrected chi connectivity index (χ1v) is 5.79. The van der Waals surface area contributed by atoms with E-state index in [0.29, 0.717) is 12.0 Å². The summed E-state index contributed by atoms with van der Waals surface area (Å²) in [6.07, 6.45) is 4.76. The van der Waals surface area contributed by atoms with Crippen molar-refractivity contribution in [1.29, 1.82) is 0 Å². The van der Waals surface area contributed by atoms with Crippen molar-refractivity contribution in [1.82, 2.24) is 5.32 Å². The molecule has 1 fully saturated rings. The van der Waals surface area contributed by atoms with Crippen LogP contribution in [0.2, 0.25) is 0 Å². The summed E-state index contributed by atoms with van der Waals surface area (Å²) in [5.41, 5.74) is 0.561. The molecule has 1 atom stereocenters. The van der Waals surface area contributed by atoms with Crippen LogP contribution in [0, 0.1) is 10.8 Å². The Kier molecular flexibility index (Phi) is 3.96. The lowest BCUT2D eigenvalue weighted by Crippen LogP contribution is -2.43. The summed E-state index contributed by atoms with van der Waals surface area (Å²) in [4.78, 5) is 0. The summed E-state index contributed by atoms with van der Waals surface area (Å²) >= 11 is 0. The zero-order chi connectivity index (χ0) is 10.7. The molecule has 1 aliphatic heterocycles. The Morgan fingerprint density at radius 3 is 2.50 bits per heavy atom. The van der Waals surface area contributed by atoms with Crippen molar-refractivity contribution in [2.75, 3.05) is 19.7 Å². The third-order valence-corrected chi connectivity index (χ3v) is 3.30. The first kappa shape index (κ1) is 12.0. The van der Waals surface area contributed by atoms with E-state index in [2.05, 4.69) is 26.1 Å². The first-order valence-electron chi connectivity index (χ1n) is 5.79. The molecule has 0 saturated carbocycles. The minimum atomic E-state index is 0.172. The molecule has 0 aromatic heterocycles. The fraction of sp³-hybridized carbons (Fsp3) is 1.00. The van der Waals surface area contributed by atoms with Gasteiger partial charge in [0.2, 0.25) is 0 Å². The second-order valence-corrected chi connectivity index (χ2v) is 6.00. The Labute approximate surface area is 88.1 Å². The van der Waals surface area contributed by atoms with E-state index in [4.69, 9.17) is 0 Å². The summed E-state index contributed by atoms with van der Waals surface area (Å²) in [7, 11) is 0. The molecule has 14 heavy (non-hydrogen) atoms. The van der Waals surface area contributed by atoms with E-state index in [1.807, 2.05) is 0 Å². The molecule has 2 nitrogen and oxygen atoms in total. The summed E-state index contributed by atoms with van der Waals surface area (Å²) in [6.45, 7) is 9.28. The van der Waals surface area contributed by atoms with E-state index in [0.717, 1.165) is 19.5 Å². The van der Waals surface area contributed by atoms with Crippen LogP contribution in [0.5, 0.6) is 0 Å². The van der Waals surface area contributed by atoms with E-state index in [-0.39, 0.29) is 5.41 Å². The number of aliphatic hydroxyl groups is 1. The van der Waals surface area contributed by atoms with E-state index < -0.39 is 0 Å². The smallest absolute Gasteiger partial charge is 0.0499 e. The van der Waals surface area contributed by atoms with Crippen molar-refractivity contribution in [3.63, 3.8) is 0 Å². The Morgan fingerprint density at radius 1 is 1.36 bits per heavy atom. The molecule has 84 valence electrons. The van der Waals surface area contributed by atoms with Crippen LogP contribution in [0.25, 0.3) is 0 Å². The molecular weight excluding hydrogens is 174 g/mol. The lowest BCUT2D eigenvalue weighted by Gasteiger charge is -2.38. The molecule has 0 aliphatic carbocycles. The molecule has 1 rings (SSSR count). The second kappa shape index (κ2) is 4.63. The monoisotopic (exact) mass is 199 g/mol. The van der Waals surface area contributed by atoms with Gasteiger partial charge in [0.1, 0.15) is 0 Å². The maximum atomic E-state index is 9.50. The predicted octanol–water partition coefficient (Wildman–Crippen LogP) is 2.17. The third-order valence-electron chi connectivity index (χ3n) is 3.30. The van der Waals surface area contributed by atoms with Gasteiger partial charge in [-0.1, -0.05) is 20.8 Å². The van der Waals surface area contributed by atoms with Crippen LogP contribution in [-0.4, -0.2) is 24.8 Å². The quantitative estimate of drug-likeness (QED) is 0.730. The van der Waals surface area contributed by atoms with Gasteiger partial charge in [-0.25, -0.2) is 0 Å². The molecule has 0 aromatic rings. The fourth-order valence-electron chi connectivity index (χ4n) is 2.10. The van der Waals surface area contributed by atoms with Crippen LogP contribution in [0.15, 0.2) is 0 Å². The molecule has 1 unspecified atom stereocenters. The van der Waals surface area contributed by atoms with E-state index in [9.17, 15) is 5.11 Å². The van der Waals surface area contributed by atoms with Crippen molar-refractivity contribution < 1.29 is 5.11 Å². The summed E-state index contributed by atoms with van der Waals surface area (Å²) in [5, 5.41) is 12.9. The SMILES string of the molecule is CC(C)(C)CCC1(CO)CCCNC1. The van der Waals surface area contributed by atoms with Crippen molar-refractivity contribution in [2.24, 2.45) is 10.8 Å². The molecule has 2 N–H and O–H groups in total. The lowest BCUT2D eigenvalue weighted by atomic mass is 9.74. The van der Waals surface area contributed by atoms with Gasteiger partial charge >= 0.3 is 0 Å². The van der Waals surface area contributed by atoms with Gasteiger partial charge in [-0.3, -0.25) is 0 Å². The Bertz CT molecular complexity index is 166. The van der Waals surface area contributed by atoms with E-state index in [1.165, 1.54) is 19.3 Å². The molecule has 0 radical (unpaired) electrons. The van der Waals surface area contributed by atoms with Crippen molar-refractivity contribution >= 4 is 0 Å². The standard InChI is InChI=1S/C12H25NO/c1-11(2,3)6-7-12(10-14)5-4-8-13-9-12/h13-14H,4-10H2,1-3H3. The van der Waals surface area contributed by atoms with Crippen molar-refractivity contribution in [3.8, 4) is 0 Å². The molecule has 0 spiro atoms. The molecule has 0 bridgehead atoms. The fourth-order valence-corrected chi connectivity index (χ4v) is 2.10. The van der Waals surface area contributed by atoms with Crippen LogP contribution in [-0.2, 0) is 0 Å². The molecular formula is C12H25NO. The lowest BCUT2D eigenvalue weighted by molar-refractivity contribution is 0.0736. The van der Waals surface area contributed by atoms with Crippen molar-refractivity contribution in [2.45, 2.75) is 46.5 Å². The highest BCUT2D eigenvalue weighted by atomic mass is 16.3. The van der Waals surface area contributed by atoms with Crippen molar-refractivity contribution in [3.05, 3.63) is 0 Å². The Morgan fingerprint density at radius 2 is 2.07 bits per heavy atom. The highest BCUT2D eigenvalue weighted by Gasteiger charge is 2.32. The average Bonchev–Trinajstić information content (AvgIpc) is 2.15. The highest BCUT2D eigenvalue weighted by molar-refractivity contribution is 4.86. The maximum absolute atomic E-state index is 9.50. The van der Waals surface area contributed by atoms with Crippen LogP contribution >= 0.6 is 0 Å². The largest absolute Gasteiger partial charge is 0.396 e. The molecule has 1 aliphatic rings. The van der Waals surface area contributed by atoms with E-state index >= 15 is 0 Å². The van der Waals surface area contributed by atoms with Gasteiger partial charge in [-0.05, 0) is 37.6 Å². The Balaban J connectivity index is 2.44. The summed E-state index contributed by atoms with van der Waals surface area (Å²) in [6, 6.07) is 0. The van der Waals surface area contributed by atoms with Gasteiger partial charge in [-0.2, -0.15) is 0 Å². The van der Waals surface area contributed by atoms with Gasteiger partial charge in [0.25, 0.3) is 0 Å². The van der Waals surface area contributed by atoms with Gasteiger partial charge in [-0.15, -0.1) is 0 Å². The summed E-state index contributed by atoms with van der Waals surface area (Å²) < 4.78 is 0. The molecule has 2 heteroatoms. The van der Waals surface area contributed by atoms with Crippen LogP contribution < -0.4 is 5.32 Å². The van der Waals surface area contributed by atoms with E-state index in [1.54, 1.807) is 0 Å². The summed E-state index contributed by atoms with van der Waals surface area (Å²) in [5.74, 6) is 0. The minimum Gasteiger partial charge on any atom is -0.396 e. The average molecular weight is 199 g/mol. The highest BCUT2D eigenvalue weighted by Crippen LogP contribution is 2.35.